The van der Waals surface area contributed by atoms with Gasteiger partial charge in [-0.15, -0.1) is 0 Å². The van der Waals surface area contributed by atoms with E-state index in [0.29, 0.717) is 44.9 Å². The van der Waals surface area contributed by atoms with Crippen LogP contribution in [0.1, 0.15) is 208 Å². The van der Waals surface area contributed by atoms with E-state index < -0.39 is 258 Å². The molecule has 5 aliphatic rings. The third-order valence-corrected chi connectivity index (χ3v) is 27.4. The average Bonchev–Trinajstić information content (AvgIpc) is 1.67. The molecule has 5 aliphatic heterocycles. The summed E-state index contributed by atoms with van der Waals surface area (Å²) in [5, 5.41) is 55.1. The first-order valence-corrected chi connectivity index (χ1v) is 51.2. The van der Waals surface area contributed by atoms with E-state index in [-0.39, 0.29) is 172 Å². The second kappa shape index (κ2) is 58.9. The summed E-state index contributed by atoms with van der Waals surface area (Å²) in [6.07, 6.45) is 3.59. The Hall–Kier alpha value is -10.7. The fraction of sp³-hybridized carbons (Fsp3) is 0.708. The Morgan fingerprint density at radius 2 is 1.10 bits per heavy atom. The van der Waals surface area contributed by atoms with Crippen LogP contribution in [0.3, 0.4) is 0 Å². The number of rotatable bonds is 40. The first-order valence-electron chi connectivity index (χ1n) is 47.4. The lowest BCUT2D eigenvalue weighted by atomic mass is 10.0. The molecule has 0 bridgehead atoms. The van der Waals surface area contributed by atoms with E-state index >= 15 is 33.6 Å². The van der Waals surface area contributed by atoms with E-state index in [4.69, 9.17) is 28.7 Å². The van der Waals surface area contributed by atoms with Crippen molar-refractivity contribution in [2.75, 3.05) is 75.9 Å². The zero-order valence-electron chi connectivity index (χ0n) is 79.6. The van der Waals surface area contributed by atoms with Gasteiger partial charge in [0, 0.05) is 64.0 Å². The van der Waals surface area contributed by atoms with E-state index in [1.165, 1.54) is 57.3 Å². The van der Waals surface area contributed by atoms with E-state index in [1.54, 1.807) is 34.0 Å². The van der Waals surface area contributed by atoms with Crippen molar-refractivity contribution < 1.29 is 106 Å². The average molecular weight is 1990 g/mol. The first-order chi connectivity index (χ1) is 65.2. The van der Waals surface area contributed by atoms with Gasteiger partial charge in [0.2, 0.25) is 106 Å². The molecule has 17 atom stereocenters. The summed E-state index contributed by atoms with van der Waals surface area (Å²) >= 11 is 1.32. The number of likely N-dealkylation sites (tertiary alicyclic amines) is 3. The number of aliphatic carboxylic acids is 1. The molecule has 0 unspecified atom stereocenters. The number of guanidine groups is 1. The summed E-state index contributed by atoms with van der Waals surface area (Å²) in [4.78, 5) is 284. The highest BCUT2D eigenvalue weighted by molar-refractivity contribution is 8.76. The van der Waals surface area contributed by atoms with Gasteiger partial charge in [-0.05, 0) is 196 Å². The molecular weight excluding hydrogens is 1840 g/mol. The number of nitrogens with two attached hydrogens (primary N) is 5. The number of carboxylic acids is 1. The number of hydrogen-bond acceptors (Lipinski definition) is 26. The van der Waals surface area contributed by atoms with Gasteiger partial charge in [0.05, 0.1) is 6.61 Å². The molecule has 44 nitrogen and oxygen atoms in total. The van der Waals surface area contributed by atoms with Crippen molar-refractivity contribution in [1.82, 2.24) is 88.7 Å². The van der Waals surface area contributed by atoms with Crippen molar-refractivity contribution in [2.24, 2.45) is 45.5 Å². The summed E-state index contributed by atoms with van der Waals surface area (Å²) in [6, 6.07) is -19.5. The van der Waals surface area contributed by atoms with Gasteiger partial charge < -0.3 is 128 Å². The number of aliphatic hydroxyl groups excluding tert-OH is 1. The Morgan fingerprint density at radius 3 is 1.69 bits per heavy atom. The number of carbonyl (C=O) groups is 19. The van der Waals surface area contributed by atoms with Crippen LogP contribution in [-0.2, 0) is 97.5 Å². The van der Waals surface area contributed by atoms with Crippen LogP contribution in [0.15, 0.2) is 29.3 Å². The summed E-state index contributed by atoms with van der Waals surface area (Å²) in [7, 11) is 1.90. The van der Waals surface area contributed by atoms with Gasteiger partial charge in [-0.2, -0.15) is 11.8 Å². The summed E-state index contributed by atoms with van der Waals surface area (Å²) < 4.78 is 14.7. The number of primary amides is 1. The number of thioether (sulfide) groups is 1. The number of fused-ring (bicyclic) bond motifs is 1. The van der Waals surface area contributed by atoms with E-state index in [2.05, 4.69) is 74.1 Å². The number of halogens is 1. The molecule has 6 rings (SSSR count). The van der Waals surface area contributed by atoms with Crippen molar-refractivity contribution in [2.45, 2.75) is 312 Å². The minimum atomic E-state index is -1.89. The molecule has 0 aromatic heterocycles. The number of nitrogens with zero attached hydrogens (tertiary/aromatic N) is 5. The highest BCUT2D eigenvalue weighted by Gasteiger charge is 2.47. The van der Waals surface area contributed by atoms with Gasteiger partial charge in [0.15, 0.2) is 5.96 Å². The second-order valence-corrected chi connectivity index (χ2v) is 39.5. The standard InChI is InChI=1S/C89H144FN23O21S3/c1-9-10-20-60-85(131)110-39-16-24-66(110)82(128)97-51(6)73(119)108-64(47-114)80(126)107-63(46-53-28-30-54(90)31-29-53)79(125)109-65(81(127)105-61(22-12-14-37-92)86(132)113-42-19-27-69(113)87(133)111-40-17-25-67(111)83(129)99-55(72(93)118)32-33-70(116)117)48-137-136-44-35-59(102-76(122)58(34-43-135-8)103-84(130)68-26-18-41-112(68)88(134)71(50(4)5)98-52(7)115)77(123)106-62(45-49(2)3)78(124)101-57(23-15-38-96-89(94)95)74(120)100-56(75(121)104-60)21-11-13-36-91/h28-31,49-51,55-69,71,114H,9-27,32-48,91-92H2,1-8H3,(H2,93,118)(H,97,128)(H,98,115)(H,99,129)(H,100,120)(H,101,124)(H,102,122)(H,103,130)(H,104,121)(H,105,127)(H,106,123)(H,107,126)(H,108,119)(H,109,125)(H,116,117)(H4,94,95,96)/t51-,55-,56-,57-,58-,59-,60-,61-,62-,63-,64-,65-,66-,67-,68-,69-,71-/m0/s1. The zero-order valence-corrected chi connectivity index (χ0v) is 82.1. The van der Waals surface area contributed by atoms with Gasteiger partial charge in [-0.3, -0.25) is 96.1 Å². The van der Waals surface area contributed by atoms with E-state index in [0.717, 1.165) is 33.7 Å². The third-order valence-electron chi connectivity index (χ3n) is 24.3. The Balaban J connectivity index is 1.49. The number of nitrogens with one attached hydrogen (secondary N) is 13. The van der Waals surface area contributed by atoms with Crippen molar-refractivity contribution in [1.29, 1.82) is 0 Å². The van der Waals surface area contributed by atoms with E-state index in [9.17, 15) is 72.1 Å². The highest BCUT2D eigenvalue weighted by atomic mass is 33.1. The smallest absolute Gasteiger partial charge is 0.303 e. The molecule has 5 fully saturated rings. The molecule has 25 N–H and O–H groups in total. The molecule has 1 aromatic rings. The lowest BCUT2D eigenvalue weighted by Crippen LogP contribution is -2.61. The van der Waals surface area contributed by atoms with Gasteiger partial charge in [-0.25, -0.2) is 4.39 Å². The largest absolute Gasteiger partial charge is 0.481 e. The number of benzene rings is 1. The fourth-order valence-corrected chi connectivity index (χ4v) is 19.6. The van der Waals surface area contributed by atoms with Crippen molar-refractivity contribution in [3.8, 4) is 0 Å². The monoisotopic (exact) mass is 1990 g/mol. The molecule has 0 aliphatic carbocycles. The maximum atomic E-state index is 15.6. The summed E-state index contributed by atoms with van der Waals surface area (Å²) in [5.74, 6) is -18.6. The Labute approximate surface area is 810 Å². The Morgan fingerprint density at radius 1 is 0.562 bits per heavy atom. The quantitative estimate of drug-likeness (QED) is 0.0133. The number of amides is 18. The Kier molecular flexibility index (Phi) is 49.4. The van der Waals surface area contributed by atoms with Crippen LogP contribution in [0.25, 0.3) is 0 Å². The molecule has 0 saturated carbocycles. The van der Waals surface area contributed by atoms with Crippen LogP contribution < -0.4 is 97.8 Å². The summed E-state index contributed by atoms with van der Waals surface area (Å²) in [6.45, 7) is 10.6. The predicted molar refractivity (Wildman–Crippen MR) is 511 cm³/mol. The lowest BCUT2D eigenvalue weighted by molar-refractivity contribution is -0.148. The van der Waals surface area contributed by atoms with Gasteiger partial charge in [-0.1, -0.05) is 81.2 Å². The number of aliphatic hydroxyl groups is 1. The van der Waals surface area contributed by atoms with Crippen molar-refractivity contribution in [3.05, 3.63) is 35.6 Å². The van der Waals surface area contributed by atoms with Crippen LogP contribution in [0.2, 0.25) is 0 Å². The minimum absolute atomic E-state index is 0.0192. The SMILES string of the molecule is CCCC[C@@H]1NC(=O)[C@H](CCCCN)NC(=O)[C@H](CCCN=C(N)N)NC(=O)[C@H](CC(C)C)NC(=O)[C@@H](NC(=O)[C@H](CCSC)NC(=O)[C@@H]2CCCN2C(=O)[C@@H](NC(C)=O)C(C)C)CCSSC[C@@H](C(=O)N[C@@H](CCCCN)C(=O)N2CCC[C@H]2C(=O)N2CCC[C@H]2C(=O)N[C@@H](CCC(=O)O)C(N)=O)NC(=O)[C@H](Cc2ccc(F)cc2)NC(=O)[C@H](CO)NC(=O)[C@H](C)NC(=O)[C@@H]2CCCN2C1=O. The molecule has 5 heterocycles. The van der Waals surface area contributed by atoms with Crippen LogP contribution in [0.5, 0.6) is 0 Å². The number of carbonyl (C=O) groups excluding carboxylic acids is 18. The van der Waals surface area contributed by atoms with Gasteiger partial charge in [0.1, 0.15) is 109 Å². The molecule has 5 saturated heterocycles. The van der Waals surface area contributed by atoms with Crippen molar-refractivity contribution in [3.63, 3.8) is 0 Å². The molecule has 18 amide bonds. The number of carboxylic acid groups (broad SMARTS) is 1. The number of unbranched alkanes of at least 4 members (excludes halogenated alkanes) is 3. The fourth-order valence-electron chi connectivity index (χ4n) is 16.8. The van der Waals surface area contributed by atoms with Gasteiger partial charge >= 0.3 is 5.97 Å². The van der Waals surface area contributed by atoms with Crippen LogP contribution >= 0.6 is 33.3 Å². The highest BCUT2D eigenvalue weighted by Crippen LogP contribution is 2.30. The topological polar surface area (TPSA) is 677 Å². The second-order valence-electron chi connectivity index (χ2n) is 35.9. The lowest BCUT2D eigenvalue weighted by Gasteiger charge is -2.33. The minimum Gasteiger partial charge on any atom is -0.481 e. The molecule has 766 valence electrons. The van der Waals surface area contributed by atoms with E-state index in [1.807, 2.05) is 6.92 Å². The molecule has 48 heteroatoms. The van der Waals surface area contributed by atoms with Crippen molar-refractivity contribution >= 4 is 152 Å². The normalized spacial score (nSPS) is 24.4. The predicted octanol–water partition coefficient (Wildman–Crippen LogP) is -3.24. The molecule has 1 aromatic carbocycles. The van der Waals surface area contributed by atoms with Crippen LogP contribution in [0, 0.1) is 17.7 Å². The first kappa shape index (κ1) is 115. The Bertz CT molecular complexity index is 4330. The van der Waals surface area contributed by atoms with Crippen LogP contribution in [0.4, 0.5) is 4.39 Å². The molecular formula is C89H144FN23O21S3. The molecule has 137 heavy (non-hydrogen) atoms. The molecule has 0 spiro atoms. The maximum Gasteiger partial charge on any atom is 0.303 e. The number of aliphatic imine (C=N–C) groups is 1. The number of hydrogen-bond donors (Lipinski definition) is 20. The zero-order chi connectivity index (χ0) is 101. The summed E-state index contributed by atoms with van der Waals surface area (Å²) in [5.41, 5.74) is 29.1. The molecule has 0 radical (unpaired) electrons. The van der Waals surface area contributed by atoms with Crippen LogP contribution in [-0.4, -0.2) is 327 Å². The maximum absolute atomic E-state index is 15.6. The third kappa shape index (κ3) is 36.9. The van der Waals surface area contributed by atoms with Gasteiger partial charge in [0.25, 0.3) is 0 Å².